The van der Waals surface area contributed by atoms with Gasteiger partial charge in [-0.2, -0.15) is 0 Å². The van der Waals surface area contributed by atoms with Gasteiger partial charge < -0.3 is 14.0 Å². The van der Waals surface area contributed by atoms with E-state index in [1.54, 1.807) is 5.56 Å². The second kappa shape index (κ2) is 7.57. The molecule has 0 spiro atoms. The van der Waals surface area contributed by atoms with Gasteiger partial charge in [0.1, 0.15) is 0 Å². The van der Waals surface area contributed by atoms with Crippen molar-refractivity contribution in [1.82, 2.24) is 9.13 Å². The lowest BCUT2D eigenvalue weighted by Gasteiger charge is -2.38. The molecule has 0 bridgehead atoms. The predicted molar refractivity (Wildman–Crippen MR) is 176 cm³/mol. The van der Waals surface area contributed by atoms with Crippen molar-refractivity contribution < 1.29 is 0 Å². The highest BCUT2D eigenvalue weighted by atomic mass is 15.2. The Morgan fingerprint density at radius 1 is 0.595 bits per heavy atom. The first-order valence-corrected chi connectivity index (χ1v) is 15.6. The number of benzene rings is 5. The average molecular weight is 537 g/mol. The predicted octanol–water partition coefficient (Wildman–Crippen LogP) is 7.70. The first-order chi connectivity index (χ1) is 20.9. The summed E-state index contributed by atoms with van der Waals surface area (Å²) < 4.78 is 5.26. The molecule has 0 N–H and O–H groups in total. The summed E-state index contributed by atoms with van der Waals surface area (Å²) in [7, 11) is 0. The summed E-state index contributed by atoms with van der Waals surface area (Å²) in [5, 5.41) is 4.26. The topological polar surface area (TPSA) is 13.1 Å². The molecule has 4 heteroatoms. The summed E-state index contributed by atoms with van der Waals surface area (Å²) in [6, 6.07) is 39.0. The number of hydrogen-bond donors (Lipinski definition) is 0. The number of fused-ring (bicyclic) bond motifs is 8. The molecular weight excluding hydrogens is 509 g/mol. The van der Waals surface area contributed by atoms with Crippen LogP contribution in [-0.2, 0) is 0 Å². The number of nitrogens with zero attached hydrogens (tertiary/aromatic N) is 3. The molecule has 1 saturated carbocycles. The minimum Gasteiger partial charge on any atom is -0.320 e. The highest BCUT2D eigenvalue weighted by Crippen LogP contribution is 2.50. The number of aromatic nitrogens is 2. The van der Waals surface area contributed by atoms with E-state index < -0.39 is 0 Å². The van der Waals surface area contributed by atoms with Gasteiger partial charge in [0.2, 0.25) is 0 Å². The van der Waals surface area contributed by atoms with E-state index in [0.717, 1.165) is 0 Å². The van der Waals surface area contributed by atoms with Crippen LogP contribution in [0.1, 0.15) is 43.6 Å². The second-order valence-corrected chi connectivity index (χ2v) is 12.7. The van der Waals surface area contributed by atoms with Crippen LogP contribution in [0.4, 0.5) is 17.1 Å². The zero-order valence-corrected chi connectivity index (χ0v) is 23.3. The van der Waals surface area contributed by atoms with E-state index in [1.165, 1.54) is 110 Å². The van der Waals surface area contributed by atoms with Crippen LogP contribution in [-0.4, -0.2) is 15.8 Å². The highest BCUT2D eigenvalue weighted by Gasteiger charge is 2.50. The Labute approximate surface area is 244 Å². The normalized spacial score (nSPS) is 16.4. The summed E-state index contributed by atoms with van der Waals surface area (Å²) in [6.07, 6.45) is 6.60. The van der Waals surface area contributed by atoms with E-state index in [0.29, 0.717) is 5.92 Å². The van der Waals surface area contributed by atoms with Crippen LogP contribution < -0.4 is 21.4 Å². The number of para-hydroxylation sites is 3. The Balaban J connectivity index is 1.41. The van der Waals surface area contributed by atoms with Crippen LogP contribution >= 0.6 is 0 Å². The Morgan fingerprint density at radius 3 is 2.14 bits per heavy atom. The van der Waals surface area contributed by atoms with Gasteiger partial charge in [-0.1, -0.05) is 79.9 Å². The quantitative estimate of drug-likeness (QED) is 0.206. The first kappa shape index (κ1) is 22.0. The third-order valence-corrected chi connectivity index (χ3v) is 10.8. The Hall–Kier alpha value is -4.70. The molecule has 3 nitrogen and oxygen atoms in total. The second-order valence-electron chi connectivity index (χ2n) is 12.7. The van der Waals surface area contributed by atoms with Crippen LogP contribution in [0.5, 0.6) is 0 Å². The number of hydrogen-bond acceptors (Lipinski definition) is 1. The summed E-state index contributed by atoms with van der Waals surface area (Å²) in [4.78, 5) is 2.58. The molecule has 7 aromatic rings. The van der Waals surface area contributed by atoms with Gasteiger partial charge in [0.25, 0.3) is 6.71 Å². The monoisotopic (exact) mass is 537 g/mol. The molecule has 0 saturated heterocycles. The fourth-order valence-electron chi connectivity index (χ4n) is 9.28. The van der Waals surface area contributed by atoms with Gasteiger partial charge in [0, 0.05) is 44.5 Å². The summed E-state index contributed by atoms with van der Waals surface area (Å²) in [6.45, 7) is 0.230. The molecule has 5 aromatic carbocycles. The van der Waals surface area contributed by atoms with Crippen molar-refractivity contribution in [1.29, 1.82) is 0 Å². The zero-order chi connectivity index (χ0) is 27.1. The molecule has 42 heavy (non-hydrogen) atoms. The maximum Gasteiger partial charge on any atom is 0.275 e. The molecule has 198 valence electrons. The van der Waals surface area contributed by atoms with E-state index in [-0.39, 0.29) is 6.71 Å². The molecule has 1 aliphatic carbocycles. The molecule has 0 radical (unpaired) electrons. The van der Waals surface area contributed by atoms with Crippen molar-refractivity contribution >= 4 is 73.0 Å². The minimum atomic E-state index is 0.230. The SMILES string of the molecule is c1ccc(N2c3cccc4c3B3c5c2cc(C2CCCCC2)c2c6ccccc6n(c52)-c2c3n-4c3ccccc23)cc1. The smallest absolute Gasteiger partial charge is 0.275 e. The van der Waals surface area contributed by atoms with Gasteiger partial charge in [-0.05, 0) is 77.7 Å². The lowest BCUT2D eigenvalue weighted by molar-refractivity contribution is 0.446. The maximum atomic E-state index is 2.67. The van der Waals surface area contributed by atoms with Gasteiger partial charge in [-0.25, -0.2) is 0 Å². The van der Waals surface area contributed by atoms with E-state index in [4.69, 9.17) is 0 Å². The van der Waals surface area contributed by atoms with Gasteiger partial charge in [0.05, 0.1) is 22.2 Å². The minimum absolute atomic E-state index is 0.230. The standard InChI is InChI=1S/C38H28BN3/c1-3-12-23(13-4-1)27-22-32-35-37-33(27)25-16-7-9-18-28(25)42(37)36-26-17-8-10-19-29(26)41-31-21-11-20-30(34(31)39(35)38(36)41)40(32)24-14-5-2-6-15-24/h2,5-11,14-23H,1,3-4,12-13H2. The van der Waals surface area contributed by atoms with Crippen LogP contribution in [0.3, 0.4) is 0 Å². The lowest BCUT2D eigenvalue weighted by atomic mass is 9.36. The summed E-state index contributed by atoms with van der Waals surface area (Å²) >= 11 is 0. The van der Waals surface area contributed by atoms with Gasteiger partial charge in [0.15, 0.2) is 0 Å². The molecule has 4 aliphatic rings. The molecule has 11 rings (SSSR count). The number of anilines is 3. The Kier molecular flexibility index (Phi) is 3.96. The van der Waals surface area contributed by atoms with Crippen molar-refractivity contribution in [2.75, 3.05) is 4.90 Å². The lowest BCUT2D eigenvalue weighted by Crippen LogP contribution is -2.58. The van der Waals surface area contributed by atoms with Crippen LogP contribution in [0.15, 0.2) is 103 Å². The fourth-order valence-corrected chi connectivity index (χ4v) is 9.28. The van der Waals surface area contributed by atoms with Gasteiger partial charge in [-0.3, -0.25) is 0 Å². The Bertz CT molecular complexity index is 2300. The zero-order valence-electron chi connectivity index (χ0n) is 23.3. The highest BCUT2D eigenvalue weighted by molar-refractivity contribution is 7.02. The van der Waals surface area contributed by atoms with Crippen molar-refractivity contribution in [3.63, 3.8) is 0 Å². The van der Waals surface area contributed by atoms with Crippen LogP contribution in [0, 0.1) is 0 Å². The van der Waals surface area contributed by atoms with Gasteiger partial charge >= 0.3 is 0 Å². The average Bonchev–Trinajstić information content (AvgIpc) is 3.70. The molecule has 0 amide bonds. The summed E-state index contributed by atoms with van der Waals surface area (Å²) in [5.41, 5.74) is 16.7. The summed E-state index contributed by atoms with van der Waals surface area (Å²) in [5.74, 6) is 0.597. The molecule has 1 fully saturated rings. The third-order valence-electron chi connectivity index (χ3n) is 10.8. The first-order valence-electron chi connectivity index (χ1n) is 15.6. The fraction of sp³-hybridized carbons (Fsp3) is 0.158. The van der Waals surface area contributed by atoms with E-state index >= 15 is 0 Å². The van der Waals surface area contributed by atoms with Crippen molar-refractivity contribution in [3.05, 3.63) is 109 Å². The Morgan fingerprint density at radius 2 is 1.31 bits per heavy atom. The van der Waals surface area contributed by atoms with Crippen molar-refractivity contribution in [3.8, 4) is 11.4 Å². The van der Waals surface area contributed by atoms with Crippen molar-refractivity contribution in [2.24, 2.45) is 0 Å². The van der Waals surface area contributed by atoms with Gasteiger partial charge in [-0.15, -0.1) is 0 Å². The van der Waals surface area contributed by atoms with Crippen molar-refractivity contribution in [2.45, 2.75) is 38.0 Å². The maximum absolute atomic E-state index is 2.67. The number of rotatable bonds is 2. The molecule has 5 heterocycles. The molecule has 2 aromatic heterocycles. The van der Waals surface area contributed by atoms with Crippen LogP contribution in [0.2, 0.25) is 0 Å². The van der Waals surface area contributed by atoms with E-state index in [1.807, 2.05) is 0 Å². The third kappa shape index (κ3) is 2.41. The molecular formula is C38H28BN3. The molecule has 0 unspecified atom stereocenters. The van der Waals surface area contributed by atoms with Crippen LogP contribution in [0.25, 0.3) is 44.1 Å². The molecule has 3 aliphatic heterocycles. The molecule has 0 atom stereocenters. The van der Waals surface area contributed by atoms with E-state index in [9.17, 15) is 0 Å². The van der Waals surface area contributed by atoms with E-state index in [2.05, 4.69) is 117 Å². The largest absolute Gasteiger partial charge is 0.320 e.